The van der Waals surface area contributed by atoms with E-state index in [0.717, 1.165) is 17.7 Å². The lowest BCUT2D eigenvalue weighted by molar-refractivity contribution is -0.126. The molecule has 1 amide bonds. The summed E-state index contributed by atoms with van der Waals surface area (Å²) in [6, 6.07) is 5.17. The third kappa shape index (κ3) is 1.44. The first-order chi connectivity index (χ1) is 6.68. The zero-order valence-corrected chi connectivity index (χ0v) is 7.56. The van der Waals surface area contributed by atoms with Gasteiger partial charge in [-0.25, -0.2) is 0 Å². The quantitative estimate of drug-likeness (QED) is 0.701. The molecule has 1 aliphatic heterocycles. The molecule has 0 fully saturated rings. The van der Waals surface area contributed by atoms with Crippen molar-refractivity contribution in [3.63, 3.8) is 0 Å². The lowest BCUT2D eigenvalue weighted by Gasteiger charge is -2.07. The molecule has 1 atom stereocenters. The molecule has 0 spiro atoms. The van der Waals surface area contributed by atoms with E-state index in [1.165, 1.54) is 0 Å². The highest BCUT2D eigenvalue weighted by Crippen LogP contribution is 2.27. The summed E-state index contributed by atoms with van der Waals surface area (Å²) in [6.07, 6.45) is -0.407. The van der Waals surface area contributed by atoms with E-state index in [1.807, 2.05) is 0 Å². The average molecular weight is 193 g/mol. The minimum absolute atomic E-state index is 0.529. The first kappa shape index (κ1) is 9.02. The highest BCUT2D eigenvalue weighted by Gasteiger charge is 2.18. The number of fused-ring (bicyclic) bond motifs is 1. The van der Waals surface area contributed by atoms with Crippen molar-refractivity contribution in [3.8, 4) is 5.75 Å². The summed E-state index contributed by atoms with van der Waals surface area (Å²) in [4.78, 5) is 10.7. The van der Waals surface area contributed by atoms with Gasteiger partial charge >= 0.3 is 0 Å². The maximum Gasteiger partial charge on any atom is 0.250 e. The Morgan fingerprint density at radius 1 is 1.57 bits per heavy atom. The molecule has 1 heterocycles. The van der Waals surface area contributed by atoms with Crippen molar-refractivity contribution in [2.45, 2.75) is 12.5 Å². The third-order valence-corrected chi connectivity index (χ3v) is 2.30. The van der Waals surface area contributed by atoms with Crippen molar-refractivity contribution >= 4 is 5.91 Å². The number of aliphatic hydroxyl groups excluding tert-OH is 1. The van der Waals surface area contributed by atoms with Gasteiger partial charge in [0, 0.05) is 6.42 Å². The van der Waals surface area contributed by atoms with E-state index in [4.69, 9.17) is 10.5 Å². The number of hydrogen-bond donors (Lipinski definition) is 2. The first-order valence-corrected chi connectivity index (χ1v) is 4.41. The highest BCUT2D eigenvalue weighted by molar-refractivity contribution is 5.80. The maximum absolute atomic E-state index is 10.7. The predicted octanol–water partition coefficient (Wildman–Crippen LogP) is 0.140. The summed E-state index contributed by atoms with van der Waals surface area (Å²) in [6.45, 7) is 0.658. The second-order valence-electron chi connectivity index (χ2n) is 3.27. The zero-order valence-electron chi connectivity index (χ0n) is 7.56. The van der Waals surface area contributed by atoms with Crippen LogP contribution in [0, 0.1) is 0 Å². The Morgan fingerprint density at radius 3 is 3.07 bits per heavy atom. The molecule has 0 saturated carbocycles. The van der Waals surface area contributed by atoms with Gasteiger partial charge in [0.2, 0.25) is 0 Å². The standard InChI is InChI=1S/C10H11NO3/c11-10(13)9(12)7-1-2-8-6(5-7)3-4-14-8/h1-2,5,9,12H,3-4H2,(H2,11,13). The average Bonchev–Trinajstić information content (AvgIpc) is 2.62. The van der Waals surface area contributed by atoms with Crippen LogP contribution < -0.4 is 10.5 Å². The van der Waals surface area contributed by atoms with Gasteiger partial charge in [0.05, 0.1) is 6.61 Å². The topological polar surface area (TPSA) is 72.6 Å². The van der Waals surface area contributed by atoms with Crippen molar-refractivity contribution in [1.29, 1.82) is 0 Å². The summed E-state index contributed by atoms with van der Waals surface area (Å²) in [5.74, 6) is 0.0919. The lowest BCUT2D eigenvalue weighted by Crippen LogP contribution is -2.20. The fraction of sp³-hybridized carbons (Fsp3) is 0.300. The number of benzene rings is 1. The van der Waals surface area contributed by atoms with Crippen LogP contribution >= 0.6 is 0 Å². The Hall–Kier alpha value is -1.55. The molecule has 14 heavy (non-hydrogen) atoms. The first-order valence-electron chi connectivity index (χ1n) is 4.41. The summed E-state index contributed by atoms with van der Waals surface area (Å²) < 4.78 is 5.30. The van der Waals surface area contributed by atoms with E-state index in [9.17, 15) is 9.90 Å². The Balaban J connectivity index is 2.33. The molecule has 1 aromatic rings. The monoisotopic (exact) mass is 193 g/mol. The van der Waals surface area contributed by atoms with Gasteiger partial charge in [0.25, 0.3) is 5.91 Å². The van der Waals surface area contributed by atoms with Crippen LogP contribution in [0.25, 0.3) is 0 Å². The maximum atomic E-state index is 10.7. The number of carbonyl (C=O) groups excluding carboxylic acids is 1. The molecular formula is C10H11NO3. The van der Waals surface area contributed by atoms with Crippen molar-refractivity contribution in [2.24, 2.45) is 5.73 Å². The fourth-order valence-corrected chi connectivity index (χ4v) is 1.54. The molecule has 1 unspecified atom stereocenters. The highest BCUT2D eigenvalue weighted by atomic mass is 16.5. The van der Waals surface area contributed by atoms with Crippen LogP contribution in [0.4, 0.5) is 0 Å². The number of aliphatic hydroxyl groups is 1. The minimum Gasteiger partial charge on any atom is -0.493 e. The number of primary amides is 1. The number of hydrogen-bond acceptors (Lipinski definition) is 3. The van der Waals surface area contributed by atoms with Gasteiger partial charge in [-0.15, -0.1) is 0 Å². The van der Waals surface area contributed by atoms with E-state index in [2.05, 4.69) is 0 Å². The van der Waals surface area contributed by atoms with Gasteiger partial charge in [0.15, 0.2) is 6.10 Å². The number of nitrogens with two attached hydrogens (primary N) is 1. The minimum atomic E-state index is -1.22. The Bertz CT molecular complexity index is 376. The summed E-state index contributed by atoms with van der Waals surface area (Å²) in [7, 11) is 0. The van der Waals surface area contributed by atoms with Crippen LogP contribution in [0.3, 0.4) is 0 Å². The van der Waals surface area contributed by atoms with Gasteiger partial charge in [0.1, 0.15) is 5.75 Å². The van der Waals surface area contributed by atoms with Crippen LogP contribution in [0.2, 0.25) is 0 Å². The van der Waals surface area contributed by atoms with E-state index in [0.29, 0.717) is 12.2 Å². The van der Waals surface area contributed by atoms with Gasteiger partial charge in [-0.1, -0.05) is 6.07 Å². The summed E-state index contributed by atoms with van der Waals surface area (Å²) >= 11 is 0. The number of amides is 1. The predicted molar refractivity (Wildman–Crippen MR) is 49.8 cm³/mol. The molecule has 0 aromatic heterocycles. The van der Waals surface area contributed by atoms with Gasteiger partial charge < -0.3 is 15.6 Å². The molecular weight excluding hydrogens is 182 g/mol. The molecule has 74 valence electrons. The van der Waals surface area contributed by atoms with Gasteiger partial charge in [-0.2, -0.15) is 0 Å². The summed E-state index contributed by atoms with van der Waals surface area (Å²) in [5, 5.41) is 9.41. The molecule has 0 saturated heterocycles. The normalized spacial score (nSPS) is 15.8. The number of ether oxygens (including phenoxy) is 1. The fourth-order valence-electron chi connectivity index (χ4n) is 1.54. The van der Waals surface area contributed by atoms with E-state index >= 15 is 0 Å². The molecule has 0 aliphatic carbocycles. The van der Waals surface area contributed by atoms with Crippen LogP contribution in [0.5, 0.6) is 5.75 Å². The smallest absolute Gasteiger partial charge is 0.250 e. The van der Waals surface area contributed by atoms with E-state index in [1.54, 1.807) is 18.2 Å². The third-order valence-electron chi connectivity index (χ3n) is 2.30. The van der Waals surface area contributed by atoms with E-state index < -0.39 is 12.0 Å². The zero-order chi connectivity index (χ0) is 10.1. The molecule has 0 radical (unpaired) electrons. The molecule has 1 aromatic carbocycles. The molecule has 0 bridgehead atoms. The molecule has 3 N–H and O–H groups in total. The number of carbonyl (C=O) groups is 1. The Kier molecular flexibility index (Phi) is 2.13. The molecule has 2 rings (SSSR count). The van der Waals surface area contributed by atoms with Crippen molar-refractivity contribution in [1.82, 2.24) is 0 Å². The van der Waals surface area contributed by atoms with Gasteiger partial charge in [-0.3, -0.25) is 4.79 Å². The molecule has 4 nitrogen and oxygen atoms in total. The second-order valence-corrected chi connectivity index (χ2v) is 3.27. The largest absolute Gasteiger partial charge is 0.493 e. The van der Waals surface area contributed by atoms with Crippen molar-refractivity contribution in [2.75, 3.05) is 6.61 Å². The van der Waals surface area contributed by atoms with E-state index in [-0.39, 0.29) is 0 Å². The summed E-state index contributed by atoms with van der Waals surface area (Å²) in [5.41, 5.74) is 6.54. The van der Waals surface area contributed by atoms with Crippen LogP contribution in [0.15, 0.2) is 18.2 Å². The molecule has 4 heteroatoms. The van der Waals surface area contributed by atoms with Gasteiger partial charge in [-0.05, 0) is 23.3 Å². The Labute approximate surface area is 81.3 Å². The number of rotatable bonds is 2. The van der Waals surface area contributed by atoms with Crippen molar-refractivity contribution < 1.29 is 14.6 Å². The SMILES string of the molecule is NC(=O)C(O)c1ccc2c(c1)CCO2. The lowest BCUT2D eigenvalue weighted by atomic mass is 10.0. The molecule has 1 aliphatic rings. The van der Waals surface area contributed by atoms with Crippen LogP contribution in [0.1, 0.15) is 17.2 Å². The van der Waals surface area contributed by atoms with Crippen LogP contribution in [-0.2, 0) is 11.2 Å². The second kappa shape index (κ2) is 3.31. The van der Waals surface area contributed by atoms with Crippen LogP contribution in [-0.4, -0.2) is 17.6 Å². The van der Waals surface area contributed by atoms with Crippen molar-refractivity contribution in [3.05, 3.63) is 29.3 Å². The Morgan fingerprint density at radius 2 is 2.36 bits per heavy atom.